The zero-order valence-corrected chi connectivity index (χ0v) is 7.64. The Morgan fingerprint density at radius 2 is 1.93 bits per heavy atom. The maximum Gasteiger partial charge on any atom is 0.397 e. The van der Waals surface area contributed by atoms with E-state index in [2.05, 4.69) is 5.32 Å². The minimum absolute atomic E-state index is 0.187. The number of nitrogen functional groups attached to an aromatic ring is 1. The van der Waals surface area contributed by atoms with Gasteiger partial charge in [-0.15, -0.1) is 0 Å². The molecule has 0 saturated heterocycles. The minimum Gasteiger partial charge on any atom is -0.397 e. The summed E-state index contributed by atoms with van der Waals surface area (Å²) >= 11 is 0. The van der Waals surface area contributed by atoms with Gasteiger partial charge in [0.25, 0.3) is 0 Å². The van der Waals surface area contributed by atoms with Crippen LogP contribution in [-0.2, 0) is 4.79 Å². The maximum absolute atomic E-state index is 11.8. The highest BCUT2D eigenvalue weighted by Crippen LogP contribution is 2.22. The molecule has 1 rings (SSSR count). The number of hydrogen-bond acceptors (Lipinski definition) is 2. The Labute approximate surface area is 84.1 Å². The summed E-state index contributed by atoms with van der Waals surface area (Å²) in [5, 5.41) is 2.08. The van der Waals surface area contributed by atoms with Crippen LogP contribution in [-0.4, -0.2) is 12.1 Å². The van der Waals surface area contributed by atoms with Crippen LogP contribution in [0.1, 0.15) is 6.42 Å². The standard InChI is InChI=1S/C9H9F3N2O/c10-9(11,12)5-8(15)14-7-4-2-1-3-6(7)13/h1-4H,5,13H2,(H,14,15). The highest BCUT2D eigenvalue weighted by atomic mass is 19.4. The van der Waals surface area contributed by atoms with Gasteiger partial charge in [0.2, 0.25) is 5.91 Å². The number of anilines is 2. The molecule has 0 saturated carbocycles. The molecule has 3 N–H and O–H groups in total. The molecule has 0 aliphatic carbocycles. The van der Waals surface area contributed by atoms with Gasteiger partial charge in [0.15, 0.2) is 0 Å². The first-order valence-electron chi connectivity index (χ1n) is 4.09. The first-order valence-corrected chi connectivity index (χ1v) is 4.09. The van der Waals surface area contributed by atoms with E-state index in [9.17, 15) is 18.0 Å². The largest absolute Gasteiger partial charge is 0.397 e. The zero-order chi connectivity index (χ0) is 11.5. The summed E-state index contributed by atoms with van der Waals surface area (Å²) in [5.74, 6) is -1.12. The summed E-state index contributed by atoms with van der Waals surface area (Å²) < 4.78 is 35.5. The first-order chi connectivity index (χ1) is 6.88. The van der Waals surface area contributed by atoms with Crippen molar-refractivity contribution in [2.24, 2.45) is 0 Å². The Balaban J connectivity index is 2.64. The average molecular weight is 218 g/mol. The number of halogens is 3. The van der Waals surface area contributed by atoms with E-state index in [0.717, 1.165) is 0 Å². The number of benzene rings is 1. The molecule has 0 heterocycles. The second-order valence-corrected chi connectivity index (χ2v) is 2.93. The lowest BCUT2D eigenvalue weighted by molar-refractivity contribution is -0.150. The van der Waals surface area contributed by atoms with Crippen LogP contribution in [0.4, 0.5) is 24.5 Å². The second kappa shape index (κ2) is 4.20. The molecule has 0 spiro atoms. The van der Waals surface area contributed by atoms with Gasteiger partial charge >= 0.3 is 6.18 Å². The van der Waals surface area contributed by atoms with E-state index in [1.807, 2.05) is 0 Å². The SMILES string of the molecule is Nc1ccccc1NC(=O)CC(F)(F)F. The highest BCUT2D eigenvalue weighted by molar-refractivity contribution is 5.94. The molecule has 0 aliphatic heterocycles. The molecule has 82 valence electrons. The summed E-state index contributed by atoms with van der Waals surface area (Å²) in [5.41, 5.74) is 5.85. The number of hydrogen-bond donors (Lipinski definition) is 2. The number of alkyl halides is 3. The van der Waals surface area contributed by atoms with E-state index in [-0.39, 0.29) is 11.4 Å². The van der Waals surface area contributed by atoms with E-state index < -0.39 is 18.5 Å². The summed E-state index contributed by atoms with van der Waals surface area (Å²) in [6, 6.07) is 6.11. The molecule has 0 aliphatic rings. The molecular weight excluding hydrogens is 209 g/mol. The monoisotopic (exact) mass is 218 g/mol. The van der Waals surface area contributed by atoms with Gasteiger partial charge in [-0.1, -0.05) is 12.1 Å². The molecule has 1 amide bonds. The summed E-state index contributed by atoms with van der Waals surface area (Å²) in [6.45, 7) is 0. The summed E-state index contributed by atoms with van der Waals surface area (Å²) in [6.07, 6.45) is -6.02. The number of carbonyl (C=O) groups is 1. The fourth-order valence-electron chi connectivity index (χ4n) is 0.987. The van der Waals surface area contributed by atoms with Crippen LogP contribution in [0.3, 0.4) is 0 Å². The van der Waals surface area contributed by atoms with Gasteiger partial charge in [-0.05, 0) is 12.1 Å². The van der Waals surface area contributed by atoms with Crippen molar-refractivity contribution in [1.82, 2.24) is 0 Å². The van der Waals surface area contributed by atoms with Gasteiger partial charge in [0.05, 0.1) is 11.4 Å². The Hall–Kier alpha value is -1.72. The number of amides is 1. The van der Waals surface area contributed by atoms with E-state index in [0.29, 0.717) is 0 Å². The van der Waals surface area contributed by atoms with E-state index in [4.69, 9.17) is 5.73 Å². The quantitative estimate of drug-likeness (QED) is 0.747. The average Bonchev–Trinajstić information content (AvgIpc) is 2.05. The zero-order valence-electron chi connectivity index (χ0n) is 7.64. The topological polar surface area (TPSA) is 55.1 Å². The van der Waals surface area contributed by atoms with Gasteiger partial charge in [0, 0.05) is 0 Å². The van der Waals surface area contributed by atoms with Crippen molar-refractivity contribution in [1.29, 1.82) is 0 Å². The molecule has 3 nitrogen and oxygen atoms in total. The van der Waals surface area contributed by atoms with Crippen LogP contribution in [0.2, 0.25) is 0 Å². The second-order valence-electron chi connectivity index (χ2n) is 2.93. The third-order valence-electron chi connectivity index (χ3n) is 1.60. The molecule has 1 aromatic carbocycles. The third-order valence-corrected chi connectivity index (χ3v) is 1.60. The third kappa shape index (κ3) is 3.88. The van der Waals surface area contributed by atoms with Crippen LogP contribution < -0.4 is 11.1 Å². The van der Waals surface area contributed by atoms with Crippen LogP contribution in [0.15, 0.2) is 24.3 Å². The summed E-state index contributed by atoms with van der Waals surface area (Å²) in [4.78, 5) is 10.9. The molecule has 0 atom stereocenters. The molecule has 0 fully saturated rings. The van der Waals surface area contributed by atoms with E-state index in [1.165, 1.54) is 12.1 Å². The molecule has 15 heavy (non-hydrogen) atoms. The van der Waals surface area contributed by atoms with Crippen molar-refractivity contribution < 1.29 is 18.0 Å². The number of rotatable bonds is 2. The van der Waals surface area contributed by atoms with Gasteiger partial charge in [0.1, 0.15) is 6.42 Å². The highest BCUT2D eigenvalue weighted by Gasteiger charge is 2.31. The lowest BCUT2D eigenvalue weighted by Crippen LogP contribution is -2.21. The molecular formula is C9H9F3N2O. The van der Waals surface area contributed by atoms with Gasteiger partial charge in [-0.2, -0.15) is 13.2 Å². The van der Waals surface area contributed by atoms with Crippen LogP contribution in [0.25, 0.3) is 0 Å². The normalized spacial score (nSPS) is 11.1. The predicted octanol–water partition coefficient (Wildman–Crippen LogP) is 2.16. The molecule has 6 heteroatoms. The van der Waals surface area contributed by atoms with E-state index >= 15 is 0 Å². The molecule has 0 bridgehead atoms. The Kier molecular flexibility index (Phi) is 3.18. The molecule has 0 aromatic heterocycles. The first kappa shape index (κ1) is 11.4. The smallest absolute Gasteiger partial charge is 0.397 e. The number of nitrogens with one attached hydrogen (secondary N) is 1. The number of nitrogens with two attached hydrogens (primary N) is 1. The molecule has 0 radical (unpaired) electrons. The molecule has 0 unspecified atom stereocenters. The van der Waals surface area contributed by atoms with Gasteiger partial charge < -0.3 is 11.1 Å². The summed E-state index contributed by atoms with van der Waals surface area (Å²) in [7, 11) is 0. The van der Waals surface area contributed by atoms with Crippen LogP contribution >= 0.6 is 0 Å². The van der Waals surface area contributed by atoms with Crippen molar-refractivity contribution in [3.05, 3.63) is 24.3 Å². The molecule has 1 aromatic rings. The van der Waals surface area contributed by atoms with Gasteiger partial charge in [-0.3, -0.25) is 4.79 Å². The lowest BCUT2D eigenvalue weighted by atomic mass is 10.2. The predicted molar refractivity (Wildman–Crippen MR) is 50.2 cm³/mol. The number of carbonyl (C=O) groups excluding carboxylic acids is 1. The van der Waals surface area contributed by atoms with Crippen molar-refractivity contribution in [3.63, 3.8) is 0 Å². The Morgan fingerprint density at radius 1 is 1.33 bits per heavy atom. The van der Waals surface area contributed by atoms with Crippen LogP contribution in [0.5, 0.6) is 0 Å². The van der Waals surface area contributed by atoms with Crippen molar-refractivity contribution in [2.45, 2.75) is 12.6 Å². The fourth-order valence-corrected chi connectivity index (χ4v) is 0.987. The minimum atomic E-state index is -4.51. The van der Waals surface area contributed by atoms with Crippen LogP contribution in [0, 0.1) is 0 Å². The maximum atomic E-state index is 11.8. The lowest BCUT2D eigenvalue weighted by Gasteiger charge is -2.09. The van der Waals surface area contributed by atoms with Crippen molar-refractivity contribution >= 4 is 17.3 Å². The van der Waals surface area contributed by atoms with Crippen molar-refractivity contribution in [3.8, 4) is 0 Å². The van der Waals surface area contributed by atoms with Gasteiger partial charge in [-0.25, -0.2) is 0 Å². The Bertz CT molecular complexity index is 363. The van der Waals surface area contributed by atoms with E-state index in [1.54, 1.807) is 12.1 Å². The number of para-hydroxylation sites is 2. The fraction of sp³-hybridized carbons (Fsp3) is 0.222. The van der Waals surface area contributed by atoms with Crippen molar-refractivity contribution in [2.75, 3.05) is 11.1 Å². The Morgan fingerprint density at radius 3 is 2.47 bits per heavy atom.